The van der Waals surface area contributed by atoms with Crippen molar-refractivity contribution in [1.82, 2.24) is 0 Å². The second kappa shape index (κ2) is 5.29. The molecule has 1 aromatic carbocycles. The monoisotopic (exact) mass is 238 g/mol. The van der Waals surface area contributed by atoms with Gasteiger partial charge in [0.1, 0.15) is 5.69 Å². The Bertz CT molecular complexity index is 457. The van der Waals surface area contributed by atoms with E-state index in [1.807, 2.05) is 6.92 Å². The summed E-state index contributed by atoms with van der Waals surface area (Å²) < 4.78 is 0. The van der Waals surface area contributed by atoms with Crippen molar-refractivity contribution in [3.63, 3.8) is 0 Å². The number of nitro benzene ring substituents is 1. The molecule has 1 aromatic rings. The predicted octanol–water partition coefficient (Wildman–Crippen LogP) is 2.10. The van der Waals surface area contributed by atoms with Crippen LogP contribution in [0.3, 0.4) is 0 Å². The second-order valence-electron chi connectivity index (χ2n) is 3.78. The van der Waals surface area contributed by atoms with Gasteiger partial charge < -0.3 is 10.4 Å². The first-order chi connectivity index (χ1) is 7.91. The summed E-state index contributed by atoms with van der Waals surface area (Å²) in [5.41, 5.74) is 2.09. The lowest BCUT2D eigenvalue weighted by atomic mass is 10.1. The Kier molecular flexibility index (Phi) is 4.03. The van der Waals surface area contributed by atoms with Crippen LogP contribution in [0.2, 0.25) is 0 Å². The summed E-state index contributed by atoms with van der Waals surface area (Å²) >= 11 is 0. The van der Waals surface area contributed by atoms with Crippen molar-refractivity contribution in [2.24, 2.45) is 0 Å². The molecule has 0 unspecified atom stereocenters. The number of anilines is 1. The van der Waals surface area contributed by atoms with E-state index in [-0.39, 0.29) is 18.7 Å². The van der Waals surface area contributed by atoms with Gasteiger partial charge >= 0.3 is 5.97 Å². The molecule has 0 bridgehead atoms. The fourth-order valence-corrected chi connectivity index (χ4v) is 1.40. The summed E-state index contributed by atoms with van der Waals surface area (Å²) in [7, 11) is 0. The highest BCUT2D eigenvalue weighted by atomic mass is 16.6. The van der Waals surface area contributed by atoms with Crippen LogP contribution >= 0.6 is 0 Å². The van der Waals surface area contributed by atoms with Gasteiger partial charge in [0.2, 0.25) is 0 Å². The summed E-state index contributed by atoms with van der Waals surface area (Å²) in [4.78, 5) is 20.7. The van der Waals surface area contributed by atoms with Crippen molar-refractivity contribution in [3.8, 4) is 0 Å². The number of carboxylic acids is 1. The number of nitro groups is 1. The number of benzene rings is 1. The van der Waals surface area contributed by atoms with E-state index in [2.05, 4.69) is 5.32 Å². The number of nitrogens with zero attached hydrogens (tertiary/aromatic N) is 1. The highest BCUT2D eigenvalue weighted by Crippen LogP contribution is 2.27. The van der Waals surface area contributed by atoms with Crippen LogP contribution in [-0.2, 0) is 4.79 Å². The molecule has 2 N–H and O–H groups in total. The average Bonchev–Trinajstić information content (AvgIpc) is 2.22. The van der Waals surface area contributed by atoms with Gasteiger partial charge in [0, 0.05) is 12.6 Å². The van der Waals surface area contributed by atoms with E-state index < -0.39 is 10.9 Å². The van der Waals surface area contributed by atoms with Gasteiger partial charge in [-0.1, -0.05) is 0 Å². The third-order valence-corrected chi connectivity index (χ3v) is 2.46. The SMILES string of the molecule is Cc1cc(NCCC(=O)O)c([N+](=O)[O-])cc1C. The largest absolute Gasteiger partial charge is 0.481 e. The molecule has 0 spiro atoms. The number of carboxylic acid groups (broad SMARTS) is 1. The number of nitrogens with one attached hydrogen (secondary N) is 1. The molecule has 17 heavy (non-hydrogen) atoms. The van der Waals surface area contributed by atoms with Crippen molar-refractivity contribution < 1.29 is 14.8 Å². The van der Waals surface area contributed by atoms with Crippen molar-refractivity contribution in [2.45, 2.75) is 20.3 Å². The van der Waals surface area contributed by atoms with Crippen LogP contribution in [0.15, 0.2) is 12.1 Å². The molecule has 0 aliphatic rings. The van der Waals surface area contributed by atoms with Crippen LogP contribution in [0.5, 0.6) is 0 Å². The maximum Gasteiger partial charge on any atom is 0.305 e. The first-order valence-corrected chi connectivity index (χ1v) is 5.13. The zero-order valence-electron chi connectivity index (χ0n) is 9.69. The number of hydrogen-bond acceptors (Lipinski definition) is 4. The van der Waals surface area contributed by atoms with Crippen molar-refractivity contribution in [1.29, 1.82) is 0 Å². The van der Waals surface area contributed by atoms with Gasteiger partial charge in [-0.15, -0.1) is 0 Å². The van der Waals surface area contributed by atoms with E-state index in [0.717, 1.165) is 11.1 Å². The van der Waals surface area contributed by atoms with Crippen LogP contribution in [0, 0.1) is 24.0 Å². The Morgan fingerprint density at radius 2 is 2.00 bits per heavy atom. The number of carbonyl (C=O) groups is 1. The quantitative estimate of drug-likeness (QED) is 0.605. The predicted molar refractivity (Wildman–Crippen MR) is 63.3 cm³/mol. The highest BCUT2D eigenvalue weighted by Gasteiger charge is 2.15. The third-order valence-electron chi connectivity index (χ3n) is 2.46. The molecule has 0 aliphatic carbocycles. The minimum absolute atomic E-state index is 0.0292. The van der Waals surface area contributed by atoms with Crippen molar-refractivity contribution in [2.75, 3.05) is 11.9 Å². The molecule has 92 valence electrons. The molecule has 0 saturated carbocycles. The van der Waals surface area contributed by atoms with Gasteiger partial charge in [0.15, 0.2) is 0 Å². The molecule has 0 fully saturated rings. The summed E-state index contributed by atoms with van der Waals surface area (Å²) in [6.07, 6.45) is -0.0793. The Morgan fingerprint density at radius 3 is 2.53 bits per heavy atom. The van der Waals surface area contributed by atoms with E-state index in [1.54, 1.807) is 13.0 Å². The Balaban J connectivity index is 2.92. The number of aliphatic carboxylic acids is 1. The second-order valence-corrected chi connectivity index (χ2v) is 3.78. The van der Waals surface area contributed by atoms with Gasteiger partial charge in [0.25, 0.3) is 5.69 Å². The lowest BCUT2D eigenvalue weighted by Crippen LogP contribution is -2.09. The Labute approximate surface area is 98.4 Å². The smallest absolute Gasteiger partial charge is 0.305 e. The maximum atomic E-state index is 10.8. The molecule has 0 atom stereocenters. The molecule has 6 heteroatoms. The van der Waals surface area contributed by atoms with Gasteiger partial charge in [-0.05, 0) is 31.0 Å². The minimum atomic E-state index is -0.941. The summed E-state index contributed by atoms with van der Waals surface area (Å²) in [5.74, 6) is -0.941. The molecule has 0 aromatic heterocycles. The molecule has 0 radical (unpaired) electrons. The number of rotatable bonds is 5. The third kappa shape index (κ3) is 3.44. The highest BCUT2D eigenvalue weighted by molar-refractivity contribution is 5.69. The van der Waals surface area contributed by atoms with E-state index >= 15 is 0 Å². The molecular formula is C11H14N2O4. The van der Waals surface area contributed by atoms with E-state index in [0.29, 0.717) is 5.69 Å². The molecule has 0 heterocycles. The van der Waals surface area contributed by atoms with Crippen LogP contribution in [0.4, 0.5) is 11.4 Å². The van der Waals surface area contributed by atoms with Gasteiger partial charge in [-0.2, -0.15) is 0 Å². The van der Waals surface area contributed by atoms with Crippen LogP contribution < -0.4 is 5.32 Å². The first-order valence-electron chi connectivity index (χ1n) is 5.13. The molecule has 0 aliphatic heterocycles. The fourth-order valence-electron chi connectivity index (χ4n) is 1.40. The molecular weight excluding hydrogens is 224 g/mol. The van der Waals surface area contributed by atoms with E-state index in [1.165, 1.54) is 6.07 Å². The maximum absolute atomic E-state index is 10.8. The lowest BCUT2D eigenvalue weighted by Gasteiger charge is -2.08. The topological polar surface area (TPSA) is 92.5 Å². The van der Waals surface area contributed by atoms with Crippen LogP contribution in [0.1, 0.15) is 17.5 Å². The van der Waals surface area contributed by atoms with Crippen molar-refractivity contribution >= 4 is 17.3 Å². The van der Waals surface area contributed by atoms with Gasteiger partial charge in [-0.3, -0.25) is 14.9 Å². The Hall–Kier alpha value is -2.11. The van der Waals surface area contributed by atoms with Crippen molar-refractivity contribution in [3.05, 3.63) is 33.4 Å². The lowest BCUT2D eigenvalue weighted by molar-refractivity contribution is -0.384. The van der Waals surface area contributed by atoms with E-state index in [4.69, 9.17) is 5.11 Å². The first kappa shape index (κ1) is 13.0. The standard InChI is InChI=1S/C11H14N2O4/c1-7-5-9(12-4-3-11(14)15)10(13(16)17)6-8(7)2/h5-6,12H,3-4H2,1-2H3,(H,14,15). The molecule has 6 nitrogen and oxygen atoms in total. The zero-order chi connectivity index (χ0) is 13.0. The number of hydrogen-bond donors (Lipinski definition) is 2. The van der Waals surface area contributed by atoms with Gasteiger partial charge in [0.05, 0.1) is 11.3 Å². The van der Waals surface area contributed by atoms with Crippen LogP contribution in [0.25, 0.3) is 0 Å². The molecule has 0 amide bonds. The fraction of sp³-hybridized carbons (Fsp3) is 0.364. The summed E-state index contributed by atoms with van der Waals surface area (Å²) in [5, 5.41) is 22.1. The average molecular weight is 238 g/mol. The normalized spacial score (nSPS) is 10.0. The minimum Gasteiger partial charge on any atom is -0.481 e. The van der Waals surface area contributed by atoms with Crippen LogP contribution in [-0.4, -0.2) is 22.5 Å². The number of aryl methyl sites for hydroxylation is 2. The van der Waals surface area contributed by atoms with E-state index in [9.17, 15) is 14.9 Å². The Morgan fingerprint density at radius 1 is 1.41 bits per heavy atom. The summed E-state index contributed by atoms with van der Waals surface area (Å²) in [6, 6.07) is 3.15. The molecule has 0 saturated heterocycles. The summed E-state index contributed by atoms with van der Waals surface area (Å²) in [6.45, 7) is 3.81. The molecule has 1 rings (SSSR count). The zero-order valence-corrected chi connectivity index (χ0v) is 9.69. The van der Waals surface area contributed by atoms with Gasteiger partial charge in [-0.25, -0.2) is 0 Å².